The van der Waals surface area contributed by atoms with E-state index in [2.05, 4.69) is 25.6 Å². The maximum absolute atomic E-state index is 15.2. The van der Waals surface area contributed by atoms with Crippen molar-refractivity contribution >= 4 is 22.4 Å². The van der Waals surface area contributed by atoms with Crippen LogP contribution >= 0.6 is 0 Å². The van der Waals surface area contributed by atoms with E-state index in [0.717, 1.165) is 21.4 Å². The highest BCUT2D eigenvalue weighted by Gasteiger charge is 2.22. The van der Waals surface area contributed by atoms with E-state index in [9.17, 15) is 14.7 Å². The fraction of sp³-hybridized carbons (Fsp3) is 0.207. The Hall–Kier alpha value is -4.74. The molecule has 0 fully saturated rings. The summed E-state index contributed by atoms with van der Waals surface area (Å²) in [6, 6.07) is 12.0. The summed E-state index contributed by atoms with van der Waals surface area (Å²) in [5.41, 5.74) is 8.12. The van der Waals surface area contributed by atoms with E-state index in [0.29, 0.717) is 17.6 Å². The van der Waals surface area contributed by atoms with Crippen molar-refractivity contribution in [3.63, 3.8) is 0 Å². The number of halogens is 1. The Morgan fingerprint density at radius 3 is 2.58 bits per heavy atom. The molecule has 0 aliphatic heterocycles. The molecule has 0 radical (unpaired) electrons. The standard InChI is InChI=1S/C29H28FN7O3/c1-29(2,3)19-10-18-13-34-37(28(40)24(18)22(30)11-19)26-21(15-38)23(8-9-32-26)35-27(39)20-14-33-36-25(20)17-6-4-16(12-31)5-7-17/h4-11,13-14,38H,12,15,31H2,1-3H3,(H,33,36)(H,32,35,39). The molecule has 0 spiro atoms. The Balaban J connectivity index is 1.53. The van der Waals surface area contributed by atoms with Gasteiger partial charge in [0.05, 0.1) is 41.3 Å². The third-order valence-corrected chi connectivity index (χ3v) is 6.71. The van der Waals surface area contributed by atoms with E-state index in [4.69, 9.17) is 5.73 Å². The zero-order valence-corrected chi connectivity index (χ0v) is 22.2. The van der Waals surface area contributed by atoms with Crippen LogP contribution < -0.4 is 16.6 Å². The molecule has 11 heteroatoms. The number of fused-ring (bicyclic) bond motifs is 1. The normalized spacial score (nSPS) is 11.7. The van der Waals surface area contributed by atoms with Gasteiger partial charge in [0, 0.05) is 29.3 Å². The topological polar surface area (TPSA) is 152 Å². The van der Waals surface area contributed by atoms with Crippen molar-refractivity contribution in [3.8, 4) is 17.1 Å². The van der Waals surface area contributed by atoms with Crippen LogP contribution in [0.15, 0.2) is 65.8 Å². The number of nitrogens with two attached hydrogens (primary N) is 1. The minimum atomic E-state index is -0.737. The van der Waals surface area contributed by atoms with Crippen molar-refractivity contribution < 1.29 is 14.3 Å². The van der Waals surface area contributed by atoms with Crippen LogP contribution in [-0.4, -0.2) is 36.0 Å². The van der Waals surface area contributed by atoms with Gasteiger partial charge in [-0.25, -0.2) is 9.37 Å². The number of nitrogens with one attached hydrogen (secondary N) is 2. The first-order valence-electron chi connectivity index (χ1n) is 12.6. The number of aromatic nitrogens is 5. The Labute approximate surface area is 228 Å². The van der Waals surface area contributed by atoms with Gasteiger partial charge in [-0.1, -0.05) is 45.0 Å². The van der Waals surface area contributed by atoms with Crippen LogP contribution in [0.2, 0.25) is 0 Å². The maximum Gasteiger partial charge on any atom is 0.283 e. The largest absolute Gasteiger partial charge is 0.391 e. The summed E-state index contributed by atoms with van der Waals surface area (Å²) in [5, 5.41) is 24.3. The van der Waals surface area contributed by atoms with E-state index >= 15 is 4.39 Å². The van der Waals surface area contributed by atoms with Crippen LogP contribution in [0.5, 0.6) is 0 Å². The quantitative estimate of drug-likeness (QED) is 0.255. The molecule has 0 bridgehead atoms. The predicted octanol–water partition coefficient (Wildman–Crippen LogP) is 3.81. The number of aliphatic hydroxyl groups excluding tert-OH is 1. The number of pyridine rings is 1. The van der Waals surface area contributed by atoms with Gasteiger partial charge < -0.3 is 16.2 Å². The van der Waals surface area contributed by atoms with Crippen LogP contribution in [-0.2, 0) is 18.6 Å². The minimum absolute atomic E-state index is 0.0312. The summed E-state index contributed by atoms with van der Waals surface area (Å²) in [7, 11) is 0. The van der Waals surface area contributed by atoms with E-state index in [1.165, 1.54) is 30.7 Å². The lowest BCUT2D eigenvalue weighted by atomic mass is 9.86. The second kappa shape index (κ2) is 10.4. The molecular formula is C29H28FN7O3. The van der Waals surface area contributed by atoms with Crippen molar-refractivity contribution in [1.82, 2.24) is 25.0 Å². The Morgan fingerprint density at radius 2 is 1.90 bits per heavy atom. The Bertz CT molecular complexity index is 1790. The molecule has 5 aromatic rings. The van der Waals surface area contributed by atoms with Crippen molar-refractivity contribution in [1.29, 1.82) is 0 Å². The maximum atomic E-state index is 15.2. The molecule has 10 nitrogen and oxygen atoms in total. The zero-order valence-electron chi connectivity index (χ0n) is 22.2. The molecule has 0 aliphatic carbocycles. The molecule has 0 unspecified atom stereocenters. The smallest absolute Gasteiger partial charge is 0.283 e. The summed E-state index contributed by atoms with van der Waals surface area (Å²) in [6.45, 7) is 5.66. The number of hydrogen-bond donors (Lipinski definition) is 4. The number of carbonyl (C=O) groups is 1. The van der Waals surface area contributed by atoms with E-state index in [-0.39, 0.29) is 33.4 Å². The van der Waals surface area contributed by atoms with Crippen LogP contribution in [0.1, 0.15) is 47.8 Å². The van der Waals surface area contributed by atoms with Crippen molar-refractivity contribution in [2.45, 2.75) is 39.3 Å². The van der Waals surface area contributed by atoms with Gasteiger partial charge in [-0.05, 0) is 34.7 Å². The number of amides is 1. The summed E-state index contributed by atoms with van der Waals surface area (Å²) < 4.78 is 16.1. The second-order valence-corrected chi connectivity index (χ2v) is 10.4. The number of nitrogens with zero attached hydrogens (tertiary/aromatic N) is 4. The second-order valence-electron chi connectivity index (χ2n) is 10.4. The molecule has 40 heavy (non-hydrogen) atoms. The first-order chi connectivity index (χ1) is 19.1. The lowest BCUT2D eigenvalue weighted by Crippen LogP contribution is -2.25. The van der Waals surface area contributed by atoms with Crippen molar-refractivity contribution in [2.75, 3.05) is 5.32 Å². The lowest BCUT2D eigenvalue weighted by Gasteiger charge is -2.20. The van der Waals surface area contributed by atoms with Gasteiger partial charge in [-0.2, -0.15) is 14.9 Å². The third kappa shape index (κ3) is 4.88. The number of hydrogen-bond acceptors (Lipinski definition) is 7. The van der Waals surface area contributed by atoms with Crippen LogP contribution in [0, 0.1) is 5.82 Å². The summed E-state index contributed by atoms with van der Waals surface area (Å²) >= 11 is 0. The molecule has 0 saturated heterocycles. The number of aromatic amines is 1. The highest BCUT2D eigenvalue weighted by Crippen LogP contribution is 2.28. The van der Waals surface area contributed by atoms with Gasteiger partial charge in [0.2, 0.25) is 0 Å². The summed E-state index contributed by atoms with van der Waals surface area (Å²) in [6.07, 6.45) is 4.15. The van der Waals surface area contributed by atoms with Crippen LogP contribution in [0.3, 0.4) is 0 Å². The molecule has 1 amide bonds. The predicted molar refractivity (Wildman–Crippen MR) is 150 cm³/mol. The van der Waals surface area contributed by atoms with Gasteiger partial charge in [0.1, 0.15) is 5.82 Å². The molecule has 3 heterocycles. The van der Waals surface area contributed by atoms with Gasteiger partial charge in [-0.3, -0.25) is 14.7 Å². The molecule has 0 atom stereocenters. The fourth-order valence-corrected chi connectivity index (χ4v) is 4.43. The first kappa shape index (κ1) is 26.9. The molecule has 5 N–H and O–H groups in total. The summed E-state index contributed by atoms with van der Waals surface area (Å²) in [5.74, 6) is -1.21. The number of aliphatic hydroxyl groups is 1. The molecule has 5 rings (SSSR count). The van der Waals surface area contributed by atoms with Crippen LogP contribution in [0.25, 0.3) is 27.8 Å². The SMILES string of the molecule is CC(C)(C)c1cc(F)c2c(=O)n(-c3nccc(NC(=O)c4cn[nH]c4-c4ccc(CN)cc4)c3CO)ncc2c1. The van der Waals surface area contributed by atoms with Gasteiger partial charge >= 0.3 is 0 Å². The molecule has 204 valence electrons. The highest BCUT2D eigenvalue weighted by atomic mass is 19.1. The lowest BCUT2D eigenvalue weighted by molar-refractivity contribution is 0.102. The van der Waals surface area contributed by atoms with Gasteiger partial charge in [-0.15, -0.1) is 0 Å². The molecule has 0 aliphatic rings. The first-order valence-corrected chi connectivity index (χ1v) is 12.6. The van der Waals surface area contributed by atoms with E-state index in [1.54, 1.807) is 6.07 Å². The van der Waals surface area contributed by atoms with Gasteiger partial charge in [0.25, 0.3) is 11.5 Å². The van der Waals surface area contributed by atoms with Crippen molar-refractivity contribution in [3.05, 3.63) is 99.5 Å². The number of anilines is 1. The average Bonchev–Trinajstić information content (AvgIpc) is 3.43. The third-order valence-electron chi connectivity index (χ3n) is 6.71. The number of rotatable bonds is 6. The molecule has 0 saturated carbocycles. The number of H-pyrrole nitrogens is 1. The summed E-state index contributed by atoms with van der Waals surface area (Å²) in [4.78, 5) is 30.9. The minimum Gasteiger partial charge on any atom is -0.391 e. The molecule has 2 aromatic carbocycles. The molecule has 3 aromatic heterocycles. The monoisotopic (exact) mass is 541 g/mol. The molecular weight excluding hydrogens is 513 g/mol. The van der Waals surface area contributed by atoms with E-state index < -0.39 is 23.9 Å². The Kier molecular flexibility index (Phi) is 7.01. The van der Waals surface area contributed by atoms with Crippen molar-refractivity contribution in [2.24, 2.45) is 5.73 Å². The average molecular weight is 542 g/mol. The zero-order chi connectivity index (χ0) is 28.6. The Morgan fingerprint density at radius 1 is 1.15 bits per heavy atom. The van der Waals surface area contributed by atoms with Crippen LogP contribution in [0.4, 0.5) is 10.1 Å². The number of benzene rings is 2. The number of carbonyl (C=O) groups excluding carboxylic acids is 1. The fourth-order valence-electron chi connectivity index (χ4n) is 4.43. The van der Waals surface area contributed by atoms with Gasteiger partial charge in [0.15, 0.2) is 5.82 Å². The highest BCUT2D eigenvalue weighted by molar-refractivity contribution is 6.08. The van der Waals surface area contributed by atoms with E-state index in [1.807, 2.05) is 45.0 Å².